The Morgan fingerprint density at radius 2 is 1.69 bits per heavy atom. The Morgan fingerprint density at radius 3 is 2.47 bits per heavy atom. The summed E-state index contributed by atoms with van der Waals surface area (Å²) in [5.74, 6) is 1.79. The Kier molecular flexibility index (Phi) is 8.32. The van der Waals surface area contributed by atoms with E-state index in [9.17, 15) is 0 Å². The van der Waals surface area contributed by atoms with E-state index in [-0.39, 0.29) is 12.3 Å². The second kappa shape index (κ2) is 11.8. The van der Waals surface area contributed by atoms with Gasteiger partial charge in [-0.2, -0.15) is 5.10 Å². The maximum Gasteiger partial charge on any atom is 0.213 e. The van der Waals surface area contributed by atoms with Crippen molar-refractivity contribution in [3.63, 3.8) is 0 Å². The number of hydrazone groups is 1. The third-order valence-corrected chi connectivity index (χ3v) is 7.89. The lowest BCUT2D eigenvalue weighted by Crippen LogP contribution is -2.33. The molecule has 2 heterocycles. The number of benzene rings is 3. The van der Waals surface area contributed by atoms with Gasteiger partial charge >= 0.3 is 0 Å². The standard InChI is InChI=1S/C30H32Br2N2O2/c1-2-3-4-5-6-10-17-35-24-15-13-22(14-16-24)30-34-28(20-27(33-34)21-11-8-7-9-12-21)25-18-23(31)19-26(32)29(25)36-30/h7-9,11-16,18-19,28,30H,2-6,10,17,20H2,1H3/t28-,30-/m0/s1. The molecular weight excluding hydrogens is 580 g/mol. The van der Waals surface area contributed by atoms with Gasteiger partial charge in [-0.25, -0.2) is 5.01 Å². The molecule has 0 aliphatic carbocycles. The van der Waals surface area contributed by atoms with Gasteiger partial charge in [-0.1, -0.05) is 85.3 Å². The van der Waals surface area contributed by atoms with Gasteiger partial charge < -0.3 is 9.47 Å². The SMILES string of the molecule is CCCCCCCCOc1ccc([C@@H]2Oc3c(Br)cc(Br)cc3[C@@H]3CC(c4ccccc4)=NN32)cc1. The van der Waals surface area contributed by atoms with E-state index >= 15 is 0 Å². The summed E-state index contributed by atoms with van der Waals surface area (Å²) >= 11 is 7.38. The first-order chi connectivity index (χ1) is 17.6. The molecule has 36 heavy (non-hydrogen) atoms. The van der Waals surface area contributed by atoms with E-state index in [2.05, 4.69) is 98.4 Å². The van der Waals surface area contributed by atoms with Gasteiger partial charge in [0.05, 0.1) is 22.8 Å². The van der Waals surface area contributed by atoms with E-state index in [1.807, 2.05) is 12.1 Å². The van der Waals surface area contributed by atoms with Gasteiger partial charge in [-0.15, -0.1) is 0 Å². The number of nitrogens with zero attached hydrogens (tertiary/aromatic N) is 2. The molecule has 0 fully saturated rings. The maximum absolute atomic E-state index is 6.60. The third kappa shape index (κ3) is 5.65. The molecule has 0 saturated heterocycles. The van der Waals surface area contributed by atoms with Crippen LogP contribution in [0.1, 0.15) is 80.8 Å². The van der Waals surface area contributed by atoms with E-state index in [1.165, 1.54) is 32.1 Å². The van der Waals surface area contributed by atoms with E-state index in [4.69, 9.17) is 14.6 Å². The highest BCUT2D eigenvalue weighted by Crippen LogP contribution is 2.50. The normalized spacial score (nSPS) is 18.3. The molecule has 0 radical (unpaired) electrons. The topological polar surface area (TPSA) is 34.1 Å². The third-order valence-electron chi connectivity index (χ3n) is 6.85. The summed E-state index contributed by atoms with van der Waals surface area (Å²) in [6.45, 7) is 3.01. The minimum atomic E-state index is -0.311. The highest BCUT2D eigenvalue weighted by molar-refractivity contribution is 9.11. The molecule has 3 aromatic carbocycles. The lowest BCUT2D eigenvalue weighted by Gasteiger charge is -2.38. The molecule has 0 amide bonds. The molecule has 2 aliphatic rings. The Balaban J connectivity index is 1.34. The average molecular weight is 612 g/mol. The number of hydrogen-bond donors (Lipinski definition) is 0. The quantitative estimate of drug-likeness (QED) is 0.214. The zero-order valence-corrected chi connectivity index (χ0v) is 23.8. The summed E-state index contributed by atoms with van der Waals surface area (Å²) in [4.78, 5) is 0. The predicted octanol–water partition coefficient (Wildman–Crippen LogP) is 9.19. The van der Waals surface area contributed by atoms with E-state index < -0.39 is 0 Å². The monoisotopic (exact) mass is 610 g/mol. The largest absolute Gasteiger partial charge is 0.494 e. The zero-order chi connectivity index (χ0) is 24.9. The van der Waals surface area contributed by atoms with Crippen molar-refractivity contribution >= 4 is 37.6 Å². The highest BCUT2D eigenvalue weighted by Gasteiger charge is 2.41. The molecule has 4 nitrogen and oxygen atoms in total. The van der Waals surface area contributed by atoms with Crippen LogP contribution in [0.2, 0.25) is 0 Å². The smallest absolute Gasteiger partial charge is 0.213 e. The minimum absolute atomic E-state index is 0.103. The summed E-state index contributed by atoms with van der Waals surface area (Å²) in [7, 11) is 0. The molecular formula is C30H32Br2N2O2. The van der Waals surface area contributed by atoms with Crippen LogP contribution in [0.5, 0.6) is 11.5 Å². The first-order valence-corrected chi connectivity index (χ1v) is 14.5. The van der Waals surface area contributed by atoms with Crippen molar-refractivity contribution in [2.24, 2.45) is 5.10 Å². The Labute approximate surface area is 231 Å². The minimum Gasteiger partial charge on any atom is -0.494 e. The Morgan fingerprint density at radius 1 is 0.944 bits per heavy atom. The van der Waals surface area contributed by atoms with Crippen molar-refractivity contribution in [3.05, 3.63) is 92.4 Å². The molecule has 0 saturated carbocycles. The number of fused-ring (bicyclic) bond motifs is 3. The number of unbranched alkanes of at least 4 members (excludes halogenated alkanes) is 5. The van der Waals surface area contributed by atoms with Crippen LogP contribution in [0, 0.1) is 0 Å². The van der Waals surface area contributed by atoms with Crippen molar-refractivity contribution in [2.45, 2.75) is 64.1 Å². The second-order valence-electron chi connectivity index (χ2n) is 9.47. The summed E-state index contributed by atoms with van der Waals surface area (Å²) < 4.78 is 14.6. The molecule has 0 N–H and O–H groups in total. The fraction of sp³-hybridized carbons (Fsp3) is 0.367. The molecule has 3 aromatic rings. The summed E-state index contributed by atoms with van der Waals surface area (Å²) in [6.07, 6.45) is 8.09. The predicted molar refractivity (Wildman–Crippen MR) is 153 cm³/mol. The van der Waals surface area contributed by atoms with Crippen LogP contribution in [-0.2, 0) is 0 Å². The second-order valence-corrected chi connectivity index (χ2v) is 11.2. The van der Waals surface area contributed by atoms with Crippen LogP contribution in [0.25, 0.3) is 0 Å². The lowest BCUT2D eigenvalue weighted by atomic mass is 9.96. The Bertz CT molecular complexity index is 1200. The van der Waals surface area contributed by atoms with Gasteiger partial charge in [0.15, 0.2) is 0 Å². The molecule has 2 aliphatic heterocycles. The zero-order valence-electron chi connectivity index (χ0n) is 20.6. The van der Waals surface area contributed by atoms with E-state index in [1.54, 1.807) is 0 Å². The average Bonchev–Trinajstić information content (AvgIpc) is 3.35. The van der Waals surface area contributed by atoms with Crippen molar-refractivity contribution < 1.29 is 9.47 Å². The Hall–Kier alpha value is -2.31. The molecule has 5 rings (SSSR count). The number of halogens is 2. The summed E-state index contributed by atoms with van der Waals surface area (Å²) in [5.41, 5.74) is 4.43. The summed E-state index contributed by atoms with van der Waals surface area (Å²) in [6, 6.07) is 23.0. The van der Waals surface area contributed by atoms with Crippen molar-refractivity contribution in [3.8, 4) is 11.5 Å². The van der Waals surface area contributed by atoms with Gasteiger partial charge in [0.25, 0.3) is 0 Å². The number of ether oxygens (including phenoxy) is 2. The van der Waals surface area contributed by atoms with Gasteiger partial charge in [-0.3, -0.25) is 0 Å². The van der Waals surface area contributed by atoms with Crippen molar-refractivity contribution in [1.82, 2.24) is 5.01 Å². The number of hydrogen-bond acceptors (Lipinski definition) is 4. The van der Waals surface area contributed by atoms with Gasteiger partial charge in [0.1, 0.15) is 11.5 Å². The molecule has 0 unspecified atom stereocenters. The first kappa shape index (κ1) is 25.3. The van der Waals surface area contributed by atoms with Crippen molar-refractivity contribution in [2.75, 3.05) is 6.61 Å². The fourth-order valence-electron chi connectivity index (χ4n) is 4.94. The van der Waals surface area contributed by atoms with E-state index in [0.717, 1.165) is 62.3 Å². The fourth-order valence-corrected chi connectivity index (χ4v) is 6.29. The molecule has 0 bridgehead atoms. The highest BCUT2D eigenvalue weighted by atomic mass is 79.9. The van der Waals surface area contributed by atoms with Crippen LogP contribution < -0.4 is 9.47 Å². The van der Waals surface area contributed by atoms with Gasteiger partial charge in [0.2, 0.25) is 6.23 Å². The van der Waals surface area contributed by atoms with Gasteiger partial charge in [-0.05, 0) is 64.3 Å². The van der Waals surface area contributed by atoms with E-state index in [0.29, 0.717) is 0 Å². The van der Waals surface area contributed by atoms with Crippen LogP contribution in [-0.4, -0.2) is 17.3 Å². The first-order valence-electron chi connectivity index (χ1n) is 12.9. The van der Waals surface area contributed by atoms with Crippen LogP contribution >= 0.6 is 31.9 Å². The van der Waals surface area contributed by atoms with Crippen molar-refractivity contribution in [1.29, 1.82) is 0 Å². The molecule has 188 valence electrons. The van der Waals surface area contributed by atoms with Crippen LogP contribution in [0.15, 0.2) is 80.8 Å². The number of rotatable bonds is 10. The molecule has 2 atom stereocenters. The van der Waals surface area contributed by atoms with Crippen LogP contribution in [0.4, 0.5) is 0 Å². The molecule has 0 aromatic heterocycles. The molecule has 0 spiro atoms. The lowest BCUT2D eigenvalue weighted by molar-refractivity contribution is -0.0197. The van der Waals surface area contributed by atoms with Gasteiger partial charge in [0, 0.05) is 22.0 Å². The summed E-state index contributed by atoms with van der Waals surface area (Å²) in [5, 5.41) is 7.19. The maximum atomic E-state index is 6.60. The molecule has 6 heteroatoms. The van der Waals surface area contributed by atoms with Crippen LogP contribution in [0.3, 0.4) is 0 Å².